The summed E-state index contributed by atoms with van der Waals surface area (Å²) >= 11 is 0. The number of hydrogen-bond acceptors (Lipinski definition) is 3. The average molecular weight is 272 g/mol. The van der Waals surface area contributed by atoms with Crippen molar-refractivity contribution < 1.29 is 14.7 Å². The summed E-state index contributed by atoms with van der Waals surface area (Å²) in [5.74, 6) is -2.72. The van der Waals surface area contributed by atoms with Gasteiger partial charge in [0.1, 0.15) is 0 Å². The molecule has 0 fully saturated rings. The fourth-order valence-corrected chi connectivity index (χ4v) is 2.46. The van der Waals surface area contributed by atoms with E-state index in [1.54, 1.807) is 6.08 Å². The van der Waals surface area contributed by atoms with E-state index in [-0.39, 0.29) is 5.91 Å². The first-order chi connectivity index (χ1) is 9.49. The van der Waals surface area contributed by atoms with E-state index < -0.39 is 17.8 Å². The topological polar surface area (TPSA) is 69.2 Å². The highest BCUT2D eigenvalue weighted by atomic mass is 16.4. The van der Waals surface area contributed by atoms with Crippen LogP contribution in [0.1, 0.15) is 24.0 Å². The van der Waals surface area contributed by atoms with E-state index in [1.807, 2.05) is 38.1 Å². The van der Waals surface area contributed by atoms with Gasteiger partial charge in [-0.1, -0.05) is 24.3 Å². The molecule has 106 valence electrons. The Morgan fingerprint density at radius 3 is 2.45 bits per heavy atom. The molecule has 0 saturated heterocycles. The first kappa shape index (κ1) is 14.3. The van der Waals surface area contributed by atoms with E-state index >= 15 is 0 Å². The molecule has 1 aromatic rings. The molecule has 1 aliphatic rings. The van der Waals surface area contributed by atoms with E-state index in [2.05, 4.69) is 5.32 Å². The Morgan fingerprint density at radius 2 is 1.80 bits per heavy atom. The SMILES string of the molecule is Cc1ccc(C)c(NC(=O)[C@H]2CC=CC[C@@H]2C(=O)[O-])c1. The Morgan fingerprint density at radius 1 is 1.15 bits per heavy atom. The van der Waals surface area contributed by atoms with Crippen molar-refractivity contribution in [3.63, 3.8) is 0 Å². The first-order valence-corrected chi connectivity index (χ1v) is 6.73. The Balaban J connectivity index is 2.16. The van der Waals surface area contributed by atoms with Crippen LogP contribution in [-0.4, -0.2) is 11.9 Å². The lowest BCUT2D eigenvalue weighted by Crippen LogP contribution is -2.41. The number of anilines is 1. The Hall–Kier alpha value is -2.10. The zero-order valence-corrected chi connectivity index (χ0v) is 11.7. The minimum atomic E-state index is -1.16. The Labute approximate surface area is 118 Å². The fraction of sp³-hybridized carbons (Fsp3) is 0.375. The van der Waals surface area contributed by atoms with Crippen LogP contribution in [0, 0.1) is 25.7 Å². The molecular formula is C16H18NO3-. The van der Waals surface area contributed by atoms with Crippen molar-refractivity contribution in [3.05, 3.63) is 41.5 Å². The van der Waals surface area contributed by atoms with Crippen LogP contribution in [0.4, 0.5) is 5.69 Å². The van der Waals surface area contributed by atoms with Gasteiger partial charge in [0.15, 0.2) is 0 Å². The van der Waals surface area contributed by atoms with Crippen LogP contribution in [0.2, 0.25) is 0 Å². The summed E-state index contributed by atoms with van der Waals surface area (Å²) in [6.45, 7) is 3.86. The van der Waals surface area contributed by atoms with Gasteiger partial charge in [0, 0.05) is 17.6 Å². The molecule has 1 aliphatic carbocycles. The number of carboxylic acid groups (broad SMARTS) is 1. The Kier molecular flexibility index (Phi) is 4.23. The summed E-state index contributed by atoms with van der Waals surface area (Å²) in [5, 5.41) is 14.0. The maximum atomic E-state index is 12.3. The Bertz CT molecular complexity index is 563. The molecule has 0 heterocycles. The predicted octanol–water partition coefficient (Wildman–Crippen LogP) is 1.57. The van der Waals surface area contributed by atoms with Crippen LogP contribution in [0.25, 0.3) is 0 Å². The molecule has 2 rings (SSSR count). The number of carbonyl (C=O) groups excluding carboxylic acids is 2. The second-order valence-corrected chi connectivity index (χ2v) is 5.28. The van der Waals surface area contributed by atoms with Crippen molar-refractivity contribution in [1.82, 2.24) is 0 Å². The average Bonchev–Trinajstić information content (AvgIpc) is 2.42. The third-order valence-electron chi connectivity index (χ3n) is 3.72. The molecule has 1 N–H and O–H groups in total. The molecule has 1 amide bonds. The van der Waals surface area contributed by atoms with E-state index in [0.29, 0.717) is 12.8 Å². The molecule has 2 atom stereocenters. The molecule has 0 bridgehead atoms. The van der Waals surface area contributed by atoms with Gasteiger partial charge >= 0.3 is 0 Å². The molecule has 0 aliphatic heterocycles. The van der Waals surface area contributed by atoms with Gasteiger partial charge in [0.25, 0.3) is 0 Å². The minimum Gasteiger partial charge on any atom is -0.550 e. The second-order valence-electron chi connectivity index (χ2n) is 5.28. The number of nitrogens with one attached hydrogen (secondary N) is 1. The molecule has 20 heavy (non-hydrogen) atoms. The number of carboxylic acids is 1. The summed E-state index contributed by atoms with van der Waals surface area (Å²) in [5.41, 5.74) is 2.74. The maximum Gasteiger partial charge on any atom is 0.228 e. The smallest absolute Gasteiger partial charge is 0.228 e. The number of aryl methyl sites for hydroxylation is 2. The van der Waals surface area contributed by atoms with Gasteiger partial charge < -0.3 is 15.2 Å². The van der Waals surface area contributed by atoms with Gasteiger partial charge in [0.05, 0.1) is 5.92 Å². The van der Waals surface area contributed by atoms with Crippen molar-refractivity contribution in [2.75, 3.05) is 5.32 Å². The highest BCUT2D eigenvalue weighted by Gasteiger charge is 2.29. The molecular weight excluding hydrogens is 254 g/mol. The third-order valence-corrected chi connectivity index (χ3v) is 3.72. The van der Waals surface area contributed by atoms with E-state index in [4.69, 9.17) is 0 Å². The first-order valence-electron chi connectivity index (χ1n) is 6.73. The fourth-order valence-electron chi connectivity index (χ4n) is 2.46. The van der Waals surface area contributed by atoms with Crippen LogP contribution < -0.4 is 10.4 Å². The van der Waals surface area contributed by atoms with Crippen molar-refractivity contribution in [1.29, 1.82) is 0 Å². The molecule has 4 heteroatoms. The van der Waals surface area contributed by atoms with Crippen molar-refractivity contribution >= 4 is 17.6 Å². The van der Waals surface area contributed by atoms with Gasteiger partial charge in [0.2, 0.25) is 5.91 Å². The summed E-state index contributed by atoms with van der Waals surface area (Å²) in [6, 6.07) is 5.79. The summed E-state index contributed by atoms with van der Waals surface area (Å²) in [4.78, 5) is 23.4. The zero-order chi connectivity index (χ0) is 14.7. The summed E-state index contributed by atoms with van der Waals surface area (Å²) < 4.78 is 0. The lowest BCUT2D eigenvalue weighted by atomic mass is 9.82. The van der Waals surface area contributed by atoms with Crippen molar-refractivity contribution in [2.45, 2.75) is 26.7 Å². The standard InChI is InChI=1S/C16H19NO3/c1-10-7-8-11(2)14(9-10)17-15(18)12-5-3-4-6-13(12)16(19)20/h3-4,7-9,12-13H,5-6H2,1-2H3,(H,17,18)(H,19,20)/p-1/t12-,13-/m0/s1. The lowest BCUT2D eigenvalue weighted by molar-refractivity contribution is -0.313. The van der Waals surface area contributed by atoms with Crippen molar-refractivity contribution in [2.24, 2.45) is 11.8 Å². The van der Waals surface area contributed by atoms with Gasteiger partial charge in [-0.25, -0.2) is 0 Å². The molecule has 0 spiro atoms. The van der Waals surface area contributed by atoms with E-state index in [0.717, 1.165) is 16.8 Å². The second kappa shape index (κ2) is 5.90. The van der Waals surface area contributed by atoms with Gasteiger partial charge in [-0.05, 0) is 43.9 Å². The van der Waals surface area contributed by atoms with Crippen LogP contribution >= 0.6 is 0 Å². The van der Waals surface area contributed by atoms with Crippen LogP contribution in [0.5, 0.6) is 0 Å². The van der Waals surface area contributed by atoms with Gasteiger partial charge in [-0.15, -0.1) is 0 Å². The molecule has 0 saturated carbocycles. The molecule has 0 aromatic heterocycles. The summed E-state index contributed by atoms with van der Waals surface area (Å²) in [7, 11) is 0. The lowest BCUT2D eigenvalue weighted by Gasteiger charge is -2.28. The third kappa shape index (κ3) is 3.07. The number of hydrogen-bond donors (Lipinski definition) is 1. The van der Waals surface area contributed by atoms with Crippen molar-refractivity contribution in [3.8, 4) is 0 Å². The summed E-state index contributed by atoms with van der Waals surface area (Å²) in [6.07, 6.45) is 4.44. The number of allylic oxidation sites excluding steroid dienone is 2. The molecule has 0 unspecified atom stereocenters. The monoisotopic (exact) mass is 272 g/mol. The number of rotatable bonds is 3. The van der Waals surface area contributed by atoms with E-state index in [1.165, 1.54) is 0 Å². The normalized spacial score (nSPS) is 21.5. The highest BCUT2D eigenvalue weighted by Crippen LogP contribution is 2.27. The number of benzene rings is 1. The minimum absolute atomic E-state index is 0.253. The van der Waals surface area contributed by atoms with Gasteiger partial charge in [-0.3, -0.25) is 4.79 Å². The quantitative estimate of drug-likeness (QED) is 0.849. The molecule has 4 nitrogen and oxygen atoms in total. The number of aliphatic carboxylic acids is 1. The predicted molar refractivity (Wildman–Crippen MR) is 74.9 cm³/mol. The highest BCUT2D eigenvalue weighted by molar-refractivity contribution is 5.95. The molecule has 0 radical (unpaired) electrons. The molecule has 1 aromatic carbocycles. The van der Waals surface area contributed by atoms with Gasteiger partial charge in [-0.2, -0.15) is 0 Å². The van der Waals surface area contributed by atoms with E-state index in [9.17, 15) is 14.7 Å². The van der Waals surface area contributed by atoms with Crippen LogP contribution in [0.3, 0.4) is 0 Å². The van der Waals surface area contributed by atoms with Crippen LogP contribution in [-0.2, 0) is 9.59 Å². The largest absolute Gasteiger partial charge is 0.550 e. The maximum absolute atomic E-state index is 12.3. The number of amides is 1. The van der Waals surface area contributed by atoms with Crippen LogP contribution in [0.15, 0.2) is 30.4 Å². The zero-order valence-electron chi connectivity index (χ0n) is 11.7. The number of carbonyl (C=O) groups is 2.